The molecule has 4 heteroatoms. The highest BCUT2D eigenvalue weighted by Gasteiger charge is 2.18. The summed E-state index contributed by atoms with van der Waals surface area (Å²) in [4.78, 5) is 0. The minimum Gasteiger partial charge on any atom is -0.464 e. The van der Waals surface area contributed by atoms with E-state index < -0.39 is 5.82 Å². The largest absolute Gasteiger partial charge is 0.464 e. The van der Waals surface area contributed by atoms with Gasteiger partial charge in [0.2, 0.25) is 0 Å². The molecule has 0 aliphatic carbocycles. The Kier molecular flexibility index (Phi) is 3.73. The van der Waals surface area contributed by atoms with Crippen molar-refractivity contribution in [2.24, 2.45) is 0 Å². The van der Waals surface area contributed by atoms with E-state index in [1.807, 2.05) is 27.0 Å². The van der Waals surface area contributed by atoms with Crippen LogP contribution in [0.15, 0.2) is 28.7 Å². The molecule has 0 radical (unpaired) electrons. The number of furan rings is 1. The Balaban J connectivity index is 2.41. The van der Waals surface area contributed by atoms with Crippen molar-refractivity contribution in [3.8, 4) is 0 Å². The third-order valence-corrected chi connectivity index (χ3v) is 3.34. The first-order chi connectivity index (χ1) is 8.52. The average Bonchev–Trinajstić information content (AvgIpc) is 2.65. The van der Waals surface area contributed by atoms with Gasteiger partial charge in [0.25, 0.3) is 0 Å². The zero-order chi connectivity index (χ0) is 13.3. The van der Waals surface area contributed by atoms with E-state index >= 15 is 0 Å². The van der Waals surface area contributed by atoms with E-state index in [4.69, 9.17) is 16.0 Å². The van der Waals surface area contributed by atoms with E-state index in [1.54, 1.807) is 12.1 Å². The number of halogens is 2. The summed E-state index contributed by atoms with van der Waals surface area (Å²) in [6.45, 7) is 3.89. The Hall–Kier alpha value is -1.32. The summed E-state index contributed by atoms with van der Waals surface area (Å²) in [6, 6.07) is 6.56. The summed E-state index contributed by atoms with van der Waals surface area (Å²) in [6.07, 6.45) is 0. The highest BCUT2D eigenvalue weighted by Crippen LogP contribution is 2.27. The molecule has 0 aliphatic rings. The van der Waals surface area contributed by atoms with Crippen LogP contribution in [0, 0.1) is 19.7 Å². The lowest BCUT2D eigenvalue weighted by atomic mass is 10.0. The van der Waals surface area contributed by atoms with Crippen molar-refractivity contribution in [2.75, 3.05) is 7.05 Å². The zero-order valence-electron chi connectivity index (χ0n) is 10.6. The minimum absolute atomic E-state index is 0.125. The second-order valence-electron chi connectivity index (χ2n) is 4.28. The van der Waals surface area contributed by atoms with E-state index in [-0.39, 0.29) is 11.1 Å². The van der Waals surface area contributed by atoms with Crippen LogP contribution in [0.5, 0.6) is 0 Å². The van der Waals surface area contributed by atoms with Gasteiger partial charge in [-0.25, -0.2) is 4.39 Å². The van der Waals surface area contributed by atoms with Crippen LogP contribution < -0.4 is 5.32 Å². The van der Waals surface area contributed by atoms with E-state index in [1.165, 1.54) is 6.07 Å². The summed E-state index contributed by atoms with van der Waals surface area (Å²) in [7, 11) is 1.81. The van der Waals surface area contributed by atoms with E-state index in [2.05, 4.69) is 5.32 Å². The van der Waals surface area contributed by atoms with Crippen molar-refractivity contribution in [1.29, 1.82) is 0 Å². The van der Waals surface area contributed by atoms with Gasteiger partial charge in [0.1, 0.15) is 17.3 Å². The zero-order valence-corrected chi connectivity index (χ0v) is 11.3. The van der Waals surface area contributed by atoms with Crippen LogP contribution in [0.25, 0.3) is 0 Å². The van der Waals surface area contributed by atoms with Crippen molar-refractivity contribution in [2.45, 2.75) is 19.9 Å². The first kappa shape index (κ1) is 13.1. The molecule has 1 N–H and O–H groups in total. The molecule has 2 aromatic rings. The van der Waals surface area contributed by atoms with Crippen LogP contribution in [0.2, 0.25) is 5.02 Å². The lowest BCUT2D eigenvalue weighted by Crippen LogP contribution is -2.17. The number of rotatable bonds is 3. The highest BCUT2D eigenvalue weighted by molar-refractivity contribution is 6.30. The summed E-state index contributed by atoms with van der Waals surface area (Å²) in [5.41, 5.74) is 1.87. The molecule has 0 aliphatic heterocycles. The molecular weight excluding hydrogens is 253 g/mol. The smallest absolute Gasteiger partial charge is 0.142 e. The van der Waals surface area contributed by atoms with Gasteiger partial charge < -0.3 is 9.73 Å². The molecule has 0 saturated heterocycles. The molecule has 1 aromatic heterocycles. The number of benzene rings is 1. The molecule has 96 valence electrons. The lowest BCUT2D eigenvalue weighted by Gasteiger charge is -2.14. The van der Waals surface area contributed by atoms with Crippen LogP contribution in [0.3, 0.4) is 0 Å². The van der Waals surface area contributed by atoms with E-state index in [0.717, 1.165) is 22.6 Å². The third-order valence-electron chi connectivity index (χ3n) is 3.04. The molecule has 0 spiro atoms. The van der Waals surface area contributed by atoms with Gasteiger partial charge in [-0.2, -0.15) is 0 Å². The van der Waals surface area contributed by atoms with Crippen LogP contribution in [0.1, 0.15) is 28.7 Å². The summed E-state index contributed by atoms with van der Waals surface area (Å²) < 4.78 is 19.2. The van der Waals surface area contributed by atoms with Crippen molar-refractivity contribution in [3.63, 3.8) is 0 Å². The molecule has 1 unspecified atom stereocenters. The Labute approximate surface area is 111 Å². The summed E-state index contributed by atoms with van der Waals surface area (Å²) >= 11 is 5.69. The average molecular weight is 268 g/mol. The topological polar surface area (TPSA) is 25.2 Å². The van der Waals surface area contributed by atoms with Crippen molar-refractivity contribution >= 4 is 11.6 Å². The molecule has 0 bridgehead atoms. The monoisotopic (exact) mass is 267 g/mol. The first-order valence-electron chi connectivity index (χ1n) is 5.72. The van der Waals surface area contributed by atoms with Gasteiger partial charge in [0.05, 0.1) is 11.1 Å². The van der Waals surface area contributed by atoms with E-state index in [0.29, 0.717) is 0 Å². The molecule has 2 nitrogen and oxygen atoms in total. The van der Waals surface area contributed by atoms with Gasteiger partial charge in [-0.1, -0.05) is 17.7 Å². The minimum atomic E-state index is -0.422. The lowest BCUT2D eigenvalue weighted by molar-refractivity contribution is 0.442. The quantitative estimate of drug-likeness (QED) is 0.909. The van der Waals surface area contributed by atoms with Gasteiger partial charge >= 0.3 is 0 Å². The predicted molar refractivity (Wildman–Crippen MR) is 70.5 cm³/mol. The first-order valence-corrected chi connectivity index (χ1v) is 6.10. The van der Waals surface area contributed by atoms with Crippen molar-refractivity contribution in [3.05, 3.63) is 57.8 Å². The Morgan fingerprint density at radius 2 is 2.00 bits per heavy atom. The molecule has 2 rings (SSSR count). The van der Waals surface area contributed by atoms with Crippen LogP contribution in [-0.4, -0.2) is 7.05 Å². The van der Waals surface area contributed by atoms with Gasteiger partial charge in [-0.05, 0) is 50.2 Å². The molecule has 1 aromatic carbocycles. The molecule has 0 fully saturated rings. The number of hydrogen-bond acceptors (Lipinski definition) is 2. The Bertz CT molecular complexity index is 545. The maximum Gasteiger partial charge on any atom is 0.142 e. The van der Waals surface area contributed by atoms with Gasteiger partial charge in [0.15, 0.2) is 0 Å². The fourth-order valence-electron chi connectivity index (χ4n) is 1.91. The van der Waals surface area contributed by atoms with Crippen molar-refractivity contribution < 1.29 is 8.81 Å². The number of nitrogens with one attached hydrogen (secondary N) is 1. The van der Waals surface area contributed by atoms with Gasteiger partial charge in [0, 0.05) is 0 Å². The number of hydrogen-bond donors (Lipinski definition) is 1. The van der Waals surface area contributed by atoms with Crippen LogP contribution in [-0.2, 0) is 0 Å². The van der Waals surface area contributed by atoms with E-state index in [9.17, 15) is 4.39 Å². The normalized spacial score (nSPS) is 12.7. The maximum atomic E-state index is 13.5. The fourth-order valence-corrected chi connectivity index (χ4v) is 2.03. The van der Waals surface area contributed by atoms with Crippen LogP contribution >= 0.6 is 11.6 Å². The second kappa shape index (κ2) is 5.12. The second-order valence-corrected chi connectivity index (χ2v) is 4.69. The molecule has 18 heavy (non-hydrogen) atoms. The SMILES string of the molecule is CNC(c1ccc(Cl)c(F)c1)c1cc(C)c(C)o1. The Morgan fingerprint density at radius 3 is 2.50 bits per heavy atom. The molecule has 0 amide bonds. The predicted octanol–water partition coefficient (Wildman–Crippen LogP) is 4.00. The molecular formula is C14H15ClFNO. The molecule has 1 atom stereocenters. The number of aryl methyl sites for hydroxylation is 2. The summed E-state index contributed by atoms with van der Waals surface area (Å²) in [5.74, 6) is 1.23. The van der Waals surface area contributed by atoms with Crippen molar-refractivity contribution in [1.82, 2.24) is 5.32 Å². The van der Waals surface area contributed by atoms with Gasteiger partial charge in [-0.3, -0.25) is 0 Å². The maximum absolute atomic E-state index is 13.5. The molecule has 1 heterocycles. The molecule has 0 saturated carbocycles. The fraction of sp³-hybridized carbons (Fsp3) is 0.286. The van der Waals surface area contributed by atoms with Gasteiger partial charge in [-0.15, -0.1) is 0 Å². The standard InChI is InChI=1S/C14H15ClFNO/c1-8-6-13(18-9(8)2)14(17-3)10-4-5-11(15)12(16)7-10/h4-7,14,17H,1-3H3. The van der Waals surface area contributed by atoms with Crippen LogP contribution in [0.4, 0.5) is 4.39 Å². The summed E-state index contributed by atoms with van der Waals surface area (Å²) in [5, 5.41) is 3.24. The highest BCUT2D eigenvalue weighted by atomic mass is 35.5. The Morgan fingerprint density at radius 1 is 1.28 bits per heavy atom. The third kappa shape index (κ3) is 2.42.